The van der Waals surface area contributed by atoms with Crippen molar-refractivity contribution in [3.05, 3.63) is 12.7 Å². The molecule has 76 valence electrons. The fraction of sp³-hybridized carbons (Fsp3) is 0.500. The molecule has 13 heavy (non-hydrogen) atoms. The minimum atomic E-state index is -4.27. The predicted molar refractivity (Wildman–Crippen MR) is 45.3 cm³/mol. The molecule has 6 nitrogen and oxygen atoms in total. The molecule has 0 aromatic heterocycles. The molecular formula is C6H11NO5S. The summed E-state index contributed by atoms with van der Waals surface area (Å²) in [6.45, 7) is 4.25. The first-order chi connectivity index (χ1) is 5.66. The highest BCUT2D eigenvalue weighted by Gasteiger charge is 2.28. The molecule has 3 N–H and O–H groups in total. The van der Waals surface area contributed by atoms with Crippen LogP contribution in [0.5, 0.6) is 0 Å². The summed E-state index contributed by atoms with van der Waals surface area (Å²) in [5, 5.41) is 0. The Hall–Kier alpha value is -0.920. The minimum Gasteiger partial charge on any atom is -0.440 e. The summed E-state index contributed by atoms with van der Waals surface area (Å²) >= 11 is 0. The summed E-state index contributed by atoms with van der Waals surface area (Å²) in [5.41, 5.74) is 3.50. The molecule has 0 radical (unpaired) electrons. The Morgan fingerprint density at radius 1 is 1.77 bits per heavy atom. The average molecular weight is 209 g/mol. The number of rotatable bonds is 4. The Labute approximate surface area is 76.1 Å². The summed E-state index contributed by atoms with van der Waals surface area (Å²) in [5.74, 6) is -1.71. The number of carbonyl (C=O) groups excluding carboxylic acids is 1. The van der Waals surface area contributed by atoms with Crippen LogP contribution in [0.25, 0.3) is 0 Å². The van der Waals surface area contributed by atoms with Crippen LogP contribution in [0.1, 0.15) is 6.92 Å². The van der Waals surface area contributed by atoms with E-state index in [1.807, 2.05) is 0 Å². The number of nitrogens with two attached hydrogens (primary N) is 1. The fourth-order valence-corrected chi connectivity index (χ4v) is 1.45. The van der Waals surface area contributed by atoms with Crippen molar-refractivity contribution in [1.29, 1.82) is 0 Å². The number of hydrogen-bond acceptors (Lipinski definition) is 5. The SMILES string of the molecule is C=CC(=O)OC(C)(N)CS(=O)(=O)O. The molecular weight excluding hydrogens is 198 g/mol. The third-order valence-corrected chi connectivity index (χ3v) is 1.91. The lowest BCUT2D eigenvalue weighted by atomic mass is 10.3. The molecule has 0 aliphatic rings. The van der Waals surface area contributed by atoms with Crippen LogP contribution in [0.15, 0.2) is 12.7 Å². The molecule has 0 saturated carbocycles. The monoisotopic (exact) mass is 209 g/mol. The normalized spacial score (nSPS) is 15.9. The summed E-state index contributed by atoms with van der Waals surface area (Å²) in [4.78, 5) is 10.6. The van der Waals surface area contributed by atoms with Gasteiger partial charge in [0.05, 0.1) is 0 Å². The summed E-state index contributed by atoms with van der Waals surface area (Å²) in [6.07, 6.45) is 0.842. The molecule has 1 unspecified atom stereocenters. The van der Waals surface area contributed by atoms with Crippen molar-refractivity contribution >= 4 is 16.1 Å². The second-order valence-electron chi connectivity index (χ2n) is 2.66. The molecule has 0 aromatic rings. The number of hydrogen-bond donors (Lipinski definition) is 2. The molecule has 7 heteroatoms. The number of esters is 1. The molecule has 0 fully saturated rings. The highest BCUT2D eigenvalue weighted by molar-refractivity contribution is 7.85. The fourth-order valence-electron chi connectivity index (χ4n) is 0.663. The van der Waals surface area contributed by atoms with Gasteiger partial charge in [-0.15, -0.1) is 0 Å². The maximum Gasteiger partial charge on any atom is 0.331 e. The van der Waals surface area contributed by atoms with Crippen LogP contribution in [0.2, 0.25) is 0 Å². The van der Waals surface area contributed by atoms with Gasteiger partial charge in [0.1, 0.15) is 5.75 Å². The van der Waals surface area contributed by atoms with Gasteiger partial charge in [-0.1, -0.05) is 6.58 Å². The van der Waals surface area contributed by atoms with Gasteiger partial charge in [-0.2, -0.15) is 8.42 Å². The van der Waals surface area contributed by atoms with Gasteiger partial charge in [-0.3, -0.25) is 10.3 Å². The lowest BCUT2D eigenvalue weighted by Gasteiger charge is -2.22. The van der Waals surface area contributed by atoms with Gasteiger partial charge < -0.3 is 4.74 Å². The van der Waals surface area contributed by atoms with Crippen LogP contribution < -0.4 is 5.73 Å². The summed E-state index contributed by atoms with van der Waals surface area (Å²) in [7, 11) is -4.27. The van der Waals surface area contributed by atoms with Gasteiger partial charge in [0.2, 0.25) is 0 Å². The molecule has 0 aliphatic carbocycles. The van der Waals surface area contributed by atoms with E-state index in [1.165, 1.54) is 0 Å². The van der Waals surface area contributed by atoms with E-state index in [0.29, 0.717) is 0 Å². The largest absolute Gasteiger partial charge is 0.440 e. The quantitative estimate of drug-likeness (QED) is 0.274. The average Bonchev–Trinajstić information content (AvgIpc) is 1.80. The van der Waals surface area contributed by atoms with Gasteiger partial charge in [0, 0.05) is 6.08 Å². The van der Waals surface area contributed by atoms with Crippen LogP contribution in [0, 0.1) is 0 Å². The van der Waals surface area contributed by atoms with Gasteiger partial charge in [-0.25, -0.2) is 4.79 Å². The van der Waals surface area contributed by atoms with Gasteiger partial charge >= 0.3 is 5.97 Å². The molecule has 0 saturated heterocycles. The lowest BCUT2D eigenvalue weighted by molar-refractivity contribution is -0.149. The highest BCUT2D eigenvalue weighted by atomic mass is 32.2. The van der Waals surface area contributed by atoms with E-state index >= 15 is 0 Å². The number of ether oxygens (including phenoxy) is 1. The smallest absolute Gasteiger partial charge is 0.331 e. The molecule has 1 atom stereocenters. The van der Waals surface area contributed by atoms with E-state index in [9.17, 15) is 13.2 Å². The zero-order valence-corrected chi connectivity index (χ0v) is 7.87. The molecule has 0 amide bonds. The standard InChI is InChI=1S/C6H11NO5S/c1-3-5(8)12-6(2,7)4-13(9,10)11/h3H,1,4,7H2,2H3,(H,9,10,11). The maximum absolute atomic E-state index is 10.6. The van der Waals surface area contributed by atoms with E-state index in [4.69, 9.17) is 10.3 Å². The zero-order chi connectivity index (χ0) is 10.7. The third kappa shape index (κ3) is 6.26. The first-order valence-electron chi connectivity index (χ1n) is 3.26. The van der Waals surface area contributed by atoms with Crippen molar-refractivity contribution in [2.75, 3.05) is 5.75 Å². The Morgan fingerprint density at radius 2 is 2.23 bits per heavy atom. The molecule has 0 aromatic carbocycles. The van der Waals surface area contributed by atoms with Crippen LogP contribution in [-0.4, -0.2) is 30.4 Å². The number of carbonyl (C=O) groups is 1. The van der Waals surface area contributed by atoms with E-state index in [0.717, 1.165) is 13.0 Å². The van der Waals surface area contributed by atoms with Crippen molar-refractivity contribution in [1.82, 2.24) is 0 Å². The second kappa shape index (κ2) is 3.86. The van der Waals surface area contributed by atoms with Gasteiger partial charge in [-0.05, 0) is 6.92 Å². The summed E-state index contributed by atoms with van der Waals surface area (Å²) < 4.78 is 33.6. The molecule has 0 aliphatic heterocycles. The first kappa shape index (κ1) is 12.1. The van der Waals surface area contributed by atoms with Crippen LogP contribution in [0.4, 0.5) is 0 Å². The Morgan fingerprint density at radius 3 is 2.54 bits per heavy atom. The van der Waals surface area contributed by atoms with E-state index < -0.39 is 27.6 Å². The Kier molecular flexibility index (Phi) is 3.59. The first-order valence-corrected chi connectivity index (χ1v) is 4.87. The summed E-state index contributed by atoms with van der Waals surface area (Å²) in [6, 6.07) is 0. The molecule has 0 heterocycles. The van der Waals surface area contributed by atoms with E-state index in [2.05, 4.69) is 11.3 Å². The van der Waals surface area contributed by atoms with Gasteiger partial charge in [0.25, 0.3) is 10.1 Å². The molecule has 0 spiro atoms. The van der Waals surface area contributed by atoms with Crippen molar-refractivity contribution in [3.63, 3.8) is 0 Å². The van der Waals surface area contributed by atoms with Crippen molar-refractivity contribution in [3.8, 4) is 0 Å². The third-order valence-electron chi connectivity index (χ3n) is 0.969. The van der Waals surface area contributed by atoms with Crippen molar-refractivity contribution in [2.24, 2.45) is 5.73 Å². The zero-order valence-electron chi connectivity index (χ0n) is 7.06. The Balaban J connectivity index is 4.41. The van der Waals surface area contributed by atoms with Crippen molar-refractivity contribution in [2.45, 2.75) is 12.6 Å². The van der Waals surface area contributed by atoms with Crippen LogP contribution in [-0.2, 0) is 19.6 Å². The second-order valence-corrected chi connectivity index (χ2v) is 4.12. The van der Waals surface area contributed by atoms with Crippen LogP contribution in [0.3, 0.4) is 0 Å². The topological polar surface area (TPSA) is 107 Å². The van der Waals surface area contributed by atoms with Crippen LogP contribution >= 0.6 is 0 Å². The Bertz CT molecular complexity index is 305. The lowest BCUT2D eigenvalue weighted by Crippen LogP contribution is -2.47. The minimum absolute atomic E-state index is 0.842. The predicted octanol–water partition coefficient (Wildman–Crippen LogP) is -0.722. The van der Waals surface area contributed by atoms with Crippen molar-refractivity contribution < 1.29 is 22.5 Å². The maximum atomic E-state index is 10.6. The van der Waals surface area contributed by atoms with Gasteiger partial charge in [0.15, 0.2) is 5.72 Å². The van der Waals surface area contributed by atoms with E-state index in [1.54, 1.807) is 0 Å². The van der Waals surface area contributed by atoms with E-state index in [-0.39, 0.29) is 0 Å². The highest BCUT2D eigenvalue weighted by Crippen LogP contribution is 2.05. The molecule has 0 rings (SSSR count). The molecule has 0 bridgehead atoms.